The molecule has 0 bridgehead atoms. The number of halogens is 3. The lowest BCUT2D eigenvalue weighted by Crippen LogP contribution is -2.21. The summed E-state index contributed by atoms with van der Waals surface area (Å²) >= 11 is 0. The number of fused-ring (bicyclic) bond motifs is 1. The monoisotopic (exact) mass is 329 g/mol. The SMILES string of the molecule is CC1CCC(c2cccc3c2OCC3)=NC1.O=C(O)C(F)(F)F. The Morgan fingerprint density at radius 3 is 2.61 bits per heavy atom. The summed E-state index contributed by atoms with van der Waals surface area (Å²) in [4.78, 5) is 13.6. The maximum Gasteiger partial charge on any atom is 0.490 e. The molecular formula is C16H18F3NO3. The summed E-state index contributed by atoms with van der Waals surface area (Å²) in [6.45, 7) is 4.07. The van der Waals surface area contributed by atoms with E-state index in [1.165, 1.54) is 23.3 Å². The quantitative estimate of drug-likeness (QED) is 0.858. The maximum absolute atomic E-state index is 10.6. The number of hydrogen-bond donors (Lipinski definition) is 1. The van der Waals surface area contributed by atoms with Gasteiger partial charge in [0, 0.05) is 24.2 Å². The molecule has 0 radical (unpaired) electrons. The van der Waals surface area contributed by atoms with E-state index in [2.05, 4.69) is 25.1 Å². The molecule has 0 spiro atoms. The Bertz CT molecular complexity index is 611. The molecule has 1 unspecified atom stereocenters. The second-order valence-electron chi connectivity index (χ2n) is 5.63. The molecule has 23 heavy (non-hydrogen) atoms. The Morgan fingerprint density at radius 1 is 1.35 bits per heavy atom. The summed E-state index contributed by atoms with van der Waals surface area (Å²) in [7, 11) is 0. The number of alkyl halides is 3. The van der Waals surface area contributed by atoms with Gasteiger partial charge in [-0.2, -0.15) is 13.2 Å². The maximum atomic E-state index is 10.6. The molecule has 0 fully saturated rings. The van der Waals surface area contributed by atoms with Crippen molar-refractivity contribution in [1.29, 1.82) is 0 Å². The molecule has 1 aromatic carbocycles. The van der Waals surface area contributed by atoms with Crippen LogP contribution in [0, 0.1) is 5.92 Å². The van der Waals surface area contributed by atoms with Crippen molar-refractivity contribution in [2.24, 2.45) is 10.9 Å². The number of rotatable bonds is 1. The van der Waals surface area contributed by atoms with E-state index in [-0.39, 0.29) is 0 Å². The predicted octanol–water partition coefficient (Wildman–Crippen LogP) is 3.47. The van der Waals surface area contributed by atoms with Crippen molar-refractivity contribution in [3.8, 4) is 5.75 Å². The zero-order valence-electron chi connectivity index (χ0n) is 12.7. The first kappa shape index (κ1) is 17.3. The van der Waals surface area contributed by atoms with Crippen LogP contribution in [-0.2, 0) is 11.2 Å². The molecule has 4 nitrogen and oxygen atoms in total. The van der Waals surface area contributed by atoms with E-state index >= 15 is 0 Å². The van der Waals surface area contributed by atoms with E-state index < -0.39 is 12.1 Å². The van der Waals surface area contributed by atoms with Gasteiger partial charge in [-0.1, -0.05) is 19.1 Å². The van der Waals surface area contributed by atoms with Crippen LogP contribution < -0.4 is 4.74 Å². The standard InChI is InChI=1S/C14H17NO.C2HF3O2/c1-10-5-6-13(15-9-10)12-4-2-3-11-7-8-16-14(11)12;3-2(4,5)1(6)7/h2-4,10H,5-9H2,1H3;(H,6,7). The summed E-state index contributed by atoms with van der Waals surface area (Å²) in [5, 5.41) is 7.12. The van der Waals surface area contributed by atoms with Crippen LogP contribution in [0.1, 0.15) is 30.9 Å². The molecule has 2 aliphatic rings. The smallest absolute Gasteiger partial charge is 0.490 e. The highest BCUT2D eigenvalue weighted by Gasteiger charge is 2.38. The van der Waals surface area contributed by atoms with E-state index in [1.54, 1.807) is 0 Å². The molecule has 0 aromatic heterocycles. The Morgan fingerprint density at radius 2 is 2.04 bits per heavy atom. The van der Waals surface area contributed by atoms with E-state index in [1.807, 2.05) is 0 Å². The van der Waals surface area contributed by atoms with Crippen molar-refractivity contribution in [1.82, 2.24) is 0 Å². The molecule has 0 amide bonds. The van der Waals surface area contributed by atoms with Gasteiger partial charge in [0.15, 0.2) is 0 Å². The van der Waals surface area contributed by atoms with Crippen molar-refractivity contribution in [3.63, 3.8) is 0 Å². The van der Waals surface area contributed by atoms with E-state index in [0.29, 0.717) is 0 Å². The molecule has 2 heterocycles. The zero-order valence-corrected chi connectivity index (χ0v) is 12.7. The molecule has 0 aliphatic carbocycles. The second-order valence-corrected chi connectivity index (χ2v) is 5.63. The highest BCUT2D eigenvalue weighted by atomic mass is 19.4. The van der Waals surface area contributed by atoms with Crippen molar-refractivity contribution >= 4 is 11.7 Å². The number of carboxylic acids is 1. The Labute approximate surface area is 132 Å². The average Bonchev–Trinajstić information content (AvgIpc) is 2.96. The van der Waals surface area contributed by atoms with E-state index in [0.717, 1.165) is 37.7 Å². The summed E-state index contributed by atoms with van der Waals surface area (Å²) in [5.41, 5.74) is 3.83. The number of aliphatic carboxylic acids is 1. The molecule has 126 valence electrons. The van der Waals surface area contributed by atoms with Gasteiger partial charge in [-0.3, -0.25) is 4.99 Å². The molecule has 0 saturated heterocycles. The number of carbonyl (C=O) groups is 1. The fourth-order valence-corrected chi connectivity index (χ4v) is 2.48. The van der Waals surface area contributed by atoms with Gasteiger partial charge >= 0.3 is 12.1 Å². The summed E-state index contributed by atoms with van der Waals surface area (Å²) in [6, 6.07) is 6.44. The third kappa shape index (κ3) is 4.46. The van der Waals surface area contributed by atoms with Crippen LogP contribution in [0.5, 0.6) is 5.75 Å². The number of nitrogens with zero attached hydrogens (tertiary/aromatic N) is 1. The highest BCUT2D eigenvalue weighted by Crippen LogP contribution is 2.32. The van der Waals surface area contributed by atoms with Crippen LogP contribution in [0.2, 0.25) is 0 Å². The van der Waals surface area contributed by atoms with Crippen molar-refractivity contribution < 1.29 is 27.8 Å². The van der Waals surface area contributed by atoms with Gasteiger partial charge in [0.2, 0.25) is 0 Å². The summed E-state index contributed by atoms with van der Waals surface area (Å²) in [5.74, 6) is -0.926. The zero-order chi connectivity index (χ0) is 17.0. The fraction of sp³-hybridized carbons (Fsp3) is 0.500. The topological polar surface area (TPSA) is 58.9 Å². The van der Waals surface area contributed by atoms with Crippen LogP contribution >= 0.6 is 0 Å². The van der Waals surface area contributed by atoms with Gasteiger partial charge < -0.3 is 9.84 Å². The average molecular weight is 329 g/mol. The lowest BCUT2D eigenvalue weighted by atomic mass is 9.94. The largest absolute Gasteiger partial charge is 0.492 e. The molecule has 1 aromatic rings. The van der Waals surface area contributed by atoms with Crippen LogP contribution in [0.15, 0.2) is 23.2 Å². The van der Waals surface area contributed by atoms with Gasteiger partial charge in [0.25, 0.3) is 0 Å². The van der Waals surface area contributed by atoms with Crippen LogP contribution in [-0.4, -0.2) is 36.1 Å². The Hall–Kier alpha value is -2.05. The first-order chi connectivity index (χ1) is 10.8. The minimum absolute atomic E-state index is 0.737. The van der Waals surface area contributed by atoms with Gasteiger partial charge in [-0.15, -0.1) is 0 Å². The van der Waals surface area contributed by atoms with Crippen LogP contribution in [0.25, 0.3) is 0 Å². The number of para-hydroxylation sites is 1. The van der Waals surface area contributed by atoms with Gasteiger partial charge in [-0.05, 0) is 30.4 Å². The third-order valence-corrected chi connectivity index (χ3v) is 3.74. The van der Waals surface area contributed by atoms with Crippen molar-refractivity contribution in [3.05, 3.63) is 29.3 Å². The Balaban J connectivity index is 0.000000236. The van der Waals surface area contributed by atoms with Gasteiger partial charge in [-0.25, -0.2) is 4.79 Å². The van der Waals surface area contributed by atoms with E-state index in [4.69, 9.17) is 19.6 Å². The van der Waals surface area contributed by atoms with E-state index in [9.17, 15) is 13.2 Å². The van der Waals surface area contributed by atoms with Gasteiger partial charge in [0.05, 0.1) is 6.61 Å². The number of benzene rings is 1. The Kier molecular flexibility index (Phi) is 5.28. The number of ether oxygens (including phenoxy) is 1. The minimum atomic E-state index is -5.08. The first-order valence-corrected chi connectivity index (χ1v) is 7.37. The second kappa shape index (κ2) is 7.02. The molecule has 7 heteroatoms. The number of aliphatic imine (C=N–C) groups is 1. The summed E-state index contributed by atoms with van der Waals surface area (Å²) in [6.07, 6.45) is -1.68. The number of hydrogen-bond acceptors (Lipinski definition) is 3. The lowest BCUT2D eigenvalue weighted by molar-refractivity contribution is -0.192. The lowest BCUT2D eigenvalue weighted by Gasteiger charge is -2.18. The third-order valence-electron chi connectivity index (χ3n) is 3.74. The molecule has 1 atom stereocenters. The fourth-order valence-electron chi connectivity index (χ4n) is 2.48. The predicted molar refractivity (Wildman–Crippen MR) is 79.1 cm³/mol. The molecule has 3 rings (SSSR count). The highest BCUT2D eigenvalue weighted by molar-refractivity contribution is 6.03. The first-order valence-electron chi connectivity index (χ1n) is 7.37. The van der Waals surface area contributed by atoms with Crippen LogP contribution in [0.4, 0.5) is 13.2 Å². The molecule has 2 aliphatic heterocycles. The summed E-state index contributed by atoms with van der Waals surface area (Å²) < 4.78 is 37.5. The number of carboxylic acid groups (broad SMARTS) is 1. The molecule has 0 saturated carbocycles. The normalized spacial score (nSPS) is 19.8. The van der Waals surface area contributed by atoms with Crippen molar-refractivity contribution in [2.75, 3.05) is 13.2 Å². The molecular weight excluding hydrogens is 311 g/mol. The molecule has 1 N–H and O–H groups in total. The minimum Gasteiger partial charge on any atom is -0.492 e. The van der Waals surface area contributed by atoms with Crippen molar-refractivity contribution in [2.45, 2.75) is 32.4 Å². The van der Waals surface area contributed by atoms with Gasteiger partial charge in [0.1, 0.15) is 5.75 Å². The van der Waals surface area contributed by atoms with Crippen LogP contribution in [0.3, 0.4) is 0 Å².